The third kappa shape index (κ3) is 3.66. The number of nitrogens with one attached hydrogen (secondary N) is 1. The van der Waals surface area contributed by atoms with Crippen molar-refractivity contribution in [2.75, 3.05) is 20.3 Å². The maximum absolute atomic E-state index is 12.3. The predicted octanol–water partition coefficient (Wildman–Crippen LogP) is 2.02. The molecule has 0 fully saturated rings. The first kappa shape index (κ1) is 17.0. The van der Waals surface area contributed by atoms with Crippen molar-refractivity contribution in [2.45, 2.75) is 4.90 Å². The monoisotopic (exact) mass is 359 g/mol. The lowest BCUT2D eigenvalue weighted by atomic mass is 10.1. The fourth-order valence-corrected chi connectivity index (χ4v) is 3.92. The van der Waals surface area contributed by atoms with E-state index in [-0.39, 0.29) is 23.6 Å². The number of carbonyl (C=O) groups is 1. The Balaban J connectivity index is 1.56. The van der Waals surface area contributed by atoms with Crippen LogP contribution in [0.3, 0.4) is 0 Å². The second kappa shape index (κ2) is 6.98. The van der Waals surface area contributed by atoms with Crippen molar-refractivity contribution in [2.24, 2.45) is 0 Å². The Morgan fingerprint density at radius 2 is 1.72 bits per heavy atom. The number of benzene rings is 2. The lowest BCUT2D eigenvalue weighted by molar-refractivity contribution is -0.115. The Hall–Kier alpha value is -2.80. The van der Waals surface area contributed by atoms with Crippen molar-refractivity contribution < 1.29 is 22.7 Å². The number of hydrogen-bond acceptors (Lipinski definition) is 5. The zero-order chi connectivity index (χ0) is 17.9. The zero-order valence-electron chi connectivity index (χ0n) is 13.6. The normalized spacial score (nSPS) is 14.4. The first-order chi connectivity index (χ1) is 12.0. The summed E-state index contributed by atoms with van der Waals surface area (Å²) in [5, 5.41) is 3.69. The summed E-state index contributed by atoms with van der Waals surface area (Å²) in [7, 11) is -1.96. The largest absolute Gasteiger partial charge is 0.497 e. The van der Waals surface area contributed by atoms with Gasteiger partial charge in [0.15, 0.2) is 0 Å². The first-order valence-corrected chi connectivity index (χ1v) is 9.17. The second-order valence-corrected chi connectivity index (χ2v) is 7.12. The maximum Gasteiger partial charge on any atom is 0.252 e. The van der Waals surface area contributed by atoms with Gasteiger partial charge in [0.2, 0.25) is 9.84 Å². The minimum absolute atomic E-state index is 0.153. The molecule has 0 aliphatic carbocycles. The molecule has 3 rings (SSSR count). The molecule has 1 N–H and O–H groups in total. The lowest BCUT2D eigenvalue weighted by Crippen LogP contribution is -2.28. The molecule has 2 aromatic rings. The Bertz CT molecular complexity index is 917. The van der Waals surface area contributed by atoms with Crippen LogP contribution in [0.1, 0.15) is 5.56 Å². The van der Waals surface area contributed by atoms with E-state index < -0.39 is 15.7 Å². The first-order valence-electron chi connectivity index (χ1n) is 7.62. The topological polar surface area (TPSA) is 81.7 Å². The second-order valence-electron chi connectivity index (χ2n) is 5.35. The van der Waals surface area contributed by atoms with E-state index in [2.05, 4.69) is 5.32 Å². The van der Waals surface area contributed by atoms with E-state index in [0.29, 0.717) is 11.3 Å². The molecule has 0 radical (unpaired) electrons. The predicted molar refractivity (Wildman–Crippen MR) is 93.1 cm³/mol. The molecule has 0 aromatic heterocycles. The van der Waals surface area contributed by atoms with Crippen LogP contribution in [0.15, 0.2) is 58.8 Å². The highest BCUT2D eigenvalue weighted by Gasteiger charge is 2.29. The van der Waals surface area contributed by atoms with Gasteiger partial charge in [0.1, 0.15) is 18.1 Å². The molecule has 6 nitrogen and oxygen atoms in total. The molecule has 0 spiro atoms. The highest BCUT2D eigenvalue weighted by molar-refractivity contribution is 7.95. The Morgan fingerprint density at radius 1 is 1.04 bits per heavy atom. The molecule has 1 heterocycles. The minimum Gasteiger partial charge on any atom is -0.497 e. The van der Waals surface area contributed by atoms with Crippen LogP contribution in [0.5, 0.6) is 11.5 Å². The minimum atomic E-state index is -3.55. The van der Waals surface area contributed by atoms with Crippen LogP contribution in [-0.4, -0.2) is 34.6 Å². The summed E-state index contributed by atoms with van der Waals surface area (Å²) in [5.74, 6) is 0.948. The quantitative estimate of drug-likeness (QED) is 0.798. The molecule has 0 saturated carbocycles. The zero-order valence-corrected chi connectivity index (χ0v) is 14.4. The number of methoxy groups -OCH3 is 1. The summed E-state index contributed by atoms with van der Waals surface area (Å²) in [5.41, 5.74) is 0.580. The summed E-state index contributed by atoms with van der Waals surface area (Å²) in [4.78, 5) is 12.4. The highest BCUT2D eigenvalue weighted by atomic mass is 32.2. The Morgan fingerprint density at radius 3 is 2.44 bits per heavy atom. The maximum atomic E-state index is 12.3. The van der Waals surface area contributed by atoms with Crippen molar-refractivity contribution >= 4 is 21.3 Å². The van der Waals surface area contributed by atoms with E-state index in [0.717, 1.165) is 11.2 Å². The van der Waals surface area contributed by atoms with Gasteiger partial charge in [-0.2, -0.15) is 0 Å². The van der Waals surface area contributed by atoms with Gasteiger partial charge >= 0.3 is 0 Å². The van der Waals surface area contributed by atoms with E-state index >= 15 is 0 Å². The van der Waals surface area contributed by atoms with Gasteiger partial charge in [-0.05, 0) is 30.3 Å². The SMILES string of the molecule is COc1ccc(OCCNC(=O)C2=CS(=O)(=O)c3ccccc32)cc1. The molecule has 0 saturated heterocycles. The average Bonchev–Trinajstić information content (AvgIpc) is 2.91. The summed E-state index contributed by atoms with van der Waals surface area (Å²) in [6, 6.07) is 13.5. The number of carbonyl (C=O) groups excluding carboxylic acids is 1. The lowest BCUT2D eigenvalue weighted by Gasteiger charge is -2.09. The molecule has 0 bridgehead atoms. The van der Waals surface area contributed by atoms with Crippen LogP contribution < -0.4 is 14.8 Å². The fraction of sp³-hybridized carbons (Fsp3) is 0.167. The van der Waals surface area contributed by atoms with Crippen LogP contribution >= 0.6 is 0 Å². The number of hydrogen-bond donors (Lipinski definition) is 1. The van der Waals surface area contributed by atoms with Crippen molar-refractivity contribution in [3.8, 4) is 11.5 Å². The van der Waals surface area contributed by atoms with Crippen LogP contribution in [0, 0.1) is 0 Å². The molecule has 1 aliphatic heterocycles. The van der Waals surface area contributed by atoms with E-state index in [1.807, 2.05) is 0 Å². The summed E-state index contributed by atoms with van der Waals surface area (Å²) in [6.45, 7) is 0.518. The smallest absolute Gasteiger partial charge is 0.252 e. The number of fused-ring (bicyclic) bond motifs is 1. The standard InChI is InChI=1S/C18H17NO5S/c1-23-13-6-8-14(9-7-13)24-11-10-19-18(20)16-12-25(21,22)17-5-3-2-4-15(16)17/h2-9,12H,10-11H2,1H3,(H,19,20). The molecule has 7 heteroatoms. The van der Waals surface area contributed by atoms with Gasteiger partial charge in [-0.25, -0.2) is 8.42 Å². The molecular weight excluding hydrogens is 342 g/mol. The van der Waals surface area contributed by atoms with E-state index in [1.54, 1.807) is 49.6 Å². The Labute approximate surface area is 146 Å². The van der Waals surface area contributed by atoms with Crippen LogP contribution in [0.4, 0.5) is 0 Å². The third-order valence-corrected chi connectivity index (χ3v) is 5.23. The fourth-order valence-electron chi connectivity index (χ4n) is 2.50. The van der Waals surface area contributed by atoms with E-state index in [1.165, 1.54) is 6.07 Å². The molecular formula is C18H17NO5S. The number of rotatable bonds is 6. The van der Waals surface area contributed by atoms with Crippen molar-refractivity contribution in [3.63, 3.8) is 0 Å². The average molecular weight is 359 g/mol. The number of sulfone groups is 1. The van der Waals surface area contributed by atoms with Gasteiger partial charge in [-0.3, -0.25) is 4.79 Å². The molecule has 25 heavy (non-hydrogen) atoms. The third-order valence-electron chi connectivity index (χ3n) is 3.72. The van der Waals surface area contributed by atoms with E-state index in [4.69, 9.17) is 9.47 Å². The van der Waals surface area contributed by atoms with Crippen LogP contribution in [0.25, 0.3) is 5.57 Å². The van der Waals surface area contributed by atoms with E-state index in [9.17, 15) is 13.2 Å². The van der Waals surface area contributed by atoms with Gasteiger partial charge < -0.3 is 14.8 Å². The molecule has 0 unspecified atom stereocenters. The molecule has 1 amide bonds. The van der Waals surface area contributed by atoms with Gasteiger partial charge in [0.05, 0.1) is 24.1 Å². The van der Waals surface area contributed by atoms with Gasteiger partial charge in [0.25, 0.3) is 5.91 Å². The van der Waals surface area contributed by atoms with Gasteiger partial charge in [-0.15, -0.1) is 0 Å². The van der Waals surface area contributed by atoms with Gasteiger partial charge in [0, 0.05) is 11.0 Å². The Kier molecular flexibility index (Phi) is 4.76. The molecule has 1 aliphatic rings. The van der Waals surface area contributed by atoms with Crippen molar-refractivity contribution in [1.82, 2.24) is 5.32 Å². The highest BCUT2D eigenvalue weighted by Crippen LogP contribution is 2.32. The number of amides is 1. The van der Waals surface area contributed by atoms with Crippen molar-refractivity contribution in [3.05, 3.63) is 59.5 Å². The summed E-state index contributed by atoms with van der Waals surface area (Å²) >= 11 is 0. The summed E-state index contributed by atoms with van der Waals surface area (Å²) < 4.78 is 34.7. The van der Waals surface area contributed by atoms with Crippen LogP contribution in [0.2, 0.25) is 0 Å². The molecule has 130 valence electrons. The number of ether oxygens (including phenoxy) is 2. The van der Waals surface area contributed by atoms with Crippen LogP contribution in [-0.2, 0) is 14.6 Å². The molecule has 0 atom stereocenters. The van der Waals surface area contributed by atoms with Crippen molar-refractivity contribution in [1.29, 1.82) is 0 Å². The van der Waals surface area contributed by atoms with Gasteiger partial charge in [-0.1, -0.05) is 18.2 Å². The summed E-state index contributed by atoms with van der Waals surface area (Å²) in [6.07, 6.45) is 0. The molecule has 2 aromatic carbocycles.